The molecule has 0 saturated carbocycles. The minimum Gasteiger partial charge on any atom is -0.493 e. The average molecular weight is 463 g/mol. The maximum absolute atomic E-state index is 12.3. The SMILES string of the molecule is COc1ccc(NC(=O)[C@@H](C)OC(=O)CNS(=O)(=O)/C=C/c2ccc(C)cc2)cc1OC. The molecule has 2 aromatic carbocycles. The molecule has 1 amide bonds. The van der Waals surface area contributed by atoms with Gasteiger partial charge in [0.25, 0.3) is 5.91 Å². The average Bonchev–Trinajstić information content (AvgIpc) is 2.77. The standard InChI is InChI=1S/C22H26N2O7S/c1-15-5-7-17(8-6-15)11-12-32(27,28)23-14-21(25)31-16(2)22(26)24-18-9-10-19(29-3)20(13-18)30-4/h5-13,16,23H,14H2,1-4H3,(H,24,26)/b12-11+/t16-/m1/s1. The molecule has 172 valence electrons. The van der Waals surface area contributed by atoms with Gasteiger partial charge < -0.3 is 19.5 Å². The van der Waals surface area contributed by atoms with Gasteiger partial charge in [-0.05, 0) is 37.6 Å². The van der Waals surface area contributed by atoms with E-state index in [0.29, 0.717) is 22.7 Å². The molecule has 0 heterocycles. The van der Waals surface area contributed by atoms with Crippen molar-refractivity contribution in [2.24, 2.45) is 0 Å². The zero-order valence-electron chi connectivity index (χ0n) is 18.2. The van der Waals surface area contributed by atoms with Gasteiger partial charge >= 0.3 is 5.97 Å². The second-order valence-corrected chi connectivity index (χ2v) is 8.42. The van der Waals surface area contributed by atoms with Crippen LogP contribution < -0.4 is 19.5 Å². The first-order valence-corrected chi connectivity index (χ1v) is 11.1. The van der Waals surface area contributed by atoms with Crippen LogP contribution in [0.2, 0.25) is 0 Å². The van der Waals surface area contributed by atoms with Crippen molar-refractivity contribution in [2.45, 2.75) is 20.0 Å². The lowest BCUT2D eigenvalue weighted by Crippen LogP contribution is -2.35. The Labute approximate surface area is 187 Å². The normalized spacial score (nSPS) is 12.2. The first kappa shape index (κ1) is 24.9. The van der Waals surface area contributed by atoms with Crippen LogP contribution in [0.5, 0.6) is 11.5 Å². The van der Waals surface area contributed by atoms with E-state index in [1.807, 2.05) is 19.1 Å². The summed E-state index contributed by atoms with van der Waals surface area (Å²) in [6.07, 6.45) is 0.259. The minimum atomic E-state index is -3.86. The second-order valence-electron chi connectivity index (χ2n) is 6.77. The molecule has 0 aromatic heterocycles. The number of nitrogens with one attached hydrogen (secondary N) is 2. The van der Waals surface area contributed by atoms with E-state index < -0.39 is 34.5 Å². The molecule has 0 radical (unpaired) electrons. The molecule has 10 heteroatoms. The van der Waals surface area contributed by atoms with Crippen LogP contribution in [-0.2, 0) is 24.3 Å². The van der Waals surface area contributed by atoms with E-state index in [4.69, 9.17) is 14.2 Å². The molecular formula is C22H26N2O7S. The number of benzene rings is 2. The van der Waals surface area contributed by atoms with Crippen LogP contribution >= 0.6 is 0 Å². The number of carbonyl (C=O) groups excluding carboxylic acids is 2. The number of hydrogen-bond donors (Lipinski definition) is 2. The van der Waals surface area contributed by atoms with Gasteiger partial charge in [-0.1, -0.05) is 29.8 Å². The van der Waals surface area contributed by atoms with Gasteiger partial charge in [-0.2, -0.15) is 0 Å². The van der Waals surface area contributed by atoms with Gasteiger partial charge in [0.1, 0.15) is 6.54 Å². The fraction of sp³-hybridized carbons (Fsp3) is 0.273. The zero-order chi connectivity index (χ0) is 23.7. The van der Waals surface area contributed by atoms with Crippen molar-refractivity contribution in [1.29, 1.82) is 0 Å². The smallest absolute Gasteiger partial charge is 0.321 e. The van der Waals surface area contributed by atoms with Gasteiger partial charge in [0.05, 0.1) is 14.2 Å². The molecule has 9 nitrogen and oxygen atoms in total. The summed E-state index contributed by atoms with van der Waals surface area (Å²) >= 11 is 0. The molecular weight excluding hydrogens is 436 g/mol. The number of aryl methyl sites for hydroxylation is 1. The van der Waals surface area contributed by atoms with Gasteiger partial charge in [0, 0.05) is 17.2 Å². The molecule has 0 aliphatic rings. The molecule has 0 aliphatic carbocycles. The second kappa shape index (κ2) is 11.3. The highest BCUT2D eigenvalue weighted by molar-refractivity contribution is 7.92. The third-order valence-electron chi connectivity index (χ3n) is 4.26. The van der Waals surface area contributed by atoms with Crippen LogP contribution in [0, 0.1) is 6.92 Å². The van der Waals surface area contributed by atoms with Crippen molar-refractivity contribution in [1.82, 2.24) is 4.72 Å². The van der Waals surface area contributed by atoms with Crippen molar-refractivity contribution >= 4 is 33.7 Å². The van der Waals surface area contributed by atoms with Crippen molar-refractivity contribution < 1.29 is 32.2 Å². The van der Waals surface area contributed by atoms with E-state index in [9.17, 15) is 18.0 Å². The van der Waals surface area contributed by atoms with E-state index >= 15 is 0 Å². The van der Waals surface area contributed by atoms with Crippen molar-refractivity contribution in [3.63, 3.8) is 0 Å². The Morgan fingerprint density at radius 1 is 1.03 bits per heavy atom. The predicted octanol–water partition coefficient (Wildman–Crippen LogP) is 2.47. The molecule has 2 N–H and O–H groups in total. The Morgan fingerprint density at radius 3 is 2.31 bits per heavy atom. The number of anilines is 1. The Balaban J connectivity index is 1.86. The number of hydrogen-bond acceptors (Lipinski definition) is 7. The lowest BCUT2D eigenvalue weighted by atomic mass is 10.2. The van der Waals surface area contributed by atoms with Crippen LogP contribution in [0.3, 0.4) is 0 Å². The summed E-state index contributed by atoms with van der Waals surface area (Å²) in [6.45, 7) is 2.68. The van der Waals surface area contributed by atoms with E-state index in [2.05, 4.69) is 10.0 Å². The van der Waals surface area contributed by atoms with Crippen molar-refractivity contribution in [3.05, 3.63) is 59.0 Å². The van der Waals surface area contributed by atoms with Gasteiger partial charge in [-0.15, -0.1) is 0 Å². The summed E-state index contributed by atoms with van der Waals surface area (Å²) in [5.41, 5.74) is 2.16. The van der Waals surface area contributed by atoms with Crippen LogP contribution in [-0.4, -0.2) is 47.2 Å². The number of amides is 1. The van der Waals surface area contributed by atoms with Gasteiger partial charge in [0.2, 0.25) is 10.0 Å². The molecule has 0 saturated heterocycles. The largest absolute Gasteiger partial charge is 0.493 e. The van der Waals surface area contributed by atoms with Gasteiger partial charge in [-0.3, -0.25) is 9.59 Å². The first-order valence-electron chi connectivity index (χ1n) is 9.60. The van der Waals surface area contributed by atoms with E-state index in [1.165, 1.54) is 27.2 Å². The predicted molar refractivity (Wildman–Crippen MR) is 121 cm³/mol. The summed E-state index contributed by atoms with van der Waals surface area (Å²) < 4.78 is 41.5. The number of ether oxygens (including phenoxy) is 3. The van der Waals surface area contributed by atoms with Crippen molar-refractivity contribution in [3.8, 4) is 11.5 Å². The molecule has 32 heavy (non-hydrogen) atoms. The number of esters is 1. The quantitative estimate of drug-likeness (QED) is 0.521. The van der Waals surface area contributed by atoms with E-state index in [-0.39, 0.29) is 0 Å². The van der Waals surface area contributed by atoms with Crippen LogP contribution in [0.4, 0.5) is 5.69 Å². The zero-order valence-corrected chi connectivity index (χ0v) is 19.1. The van der Waals surface area contributed by atoms with Crippen LogP contribution in [0.25, 0.3) is 6.08 Å². The van der Waals surface area contributed by atoms with Gasteiger partial charge in [-0.25, -0.2) is 13.1 Å². The van der Waals surface area contributed by atoms with E-state index in [1.54, 1.807) is 30.3 Å². The Morgan fingerprint density at radius 2 is 1.69 bits per heavy atom. The van der Waals surface area contributed by atoms with E-state index in [0.717, 1.165) is 11.0 Å². The maximum atomic E-state index is 12.3. The van der Waals surface area contributed by atoms with Gasteiger partial charge in [0.15, 0.2) is 17.6 Å². The number of rotatable bonds is 10. The Hall–Kier alpha value is -3.37. The van der Waals surface area contributed by atoms with Crippen LogP contribution in [0.1, 0.15) is 18.1 Å². The van der Waals surface area contributed by atoms with Crippen LogP contribution in [0.15, 0.2) is 47.9 Å². The number of carbonyl (C=O) groups is 2. The highest BCUT2D eigenvalue weighted by Crippen LogP contribution is 2.29. The molecule has 0 spiro atoms. The highest BCUT2D eigenvalue weighted by atomic mass is 32.2. The molecule has 1 atom stereocenters. The fourth-order valence-corrected chi connectivity index (χ4v) is 3.26. The third-order valence-corrected chi connectivity index (χ3v) is 5.30. The lowest BCUT2D eigenvalue weighted by Gasteiger charge is -2.15. The topological polar surface area (TPSA) is 120 Å². The summed E-state index contributed by atoms with van der Waals surface area (Å²) in [5, 5.41) is 3.54. The molecule has 0 bridgehead atoms. The fourth-order valence-electron chi connectivity index (χ4n) is 2.50. The highest BCUT2D eigenvalue weighted by Gasteiger charge is 2.19. The number of sulfonamides is 1. The third kappa shape index (κ3) is 7.71. The summed E-state index contributed by atoms with van der Waals surface area (Å²) in [5.74, 6) is -0.573. The summed E-state index contributed by atoms with van der Waals surface area (Å²) in [4.78, 5) is 24.2. The maximum Gasteiger partial charge on any atom is 0.321 e. The number of methoxy groups -OCH3 is 2. The monoisotopic (exact) mass is 462 g/mol. The molecule has 2 aromatic rings. The van der Waals surface area contributed by atoms with Crippen molar-refractivity contribution in [2.75, 3.05) is 26.1 Å². The Kier molecular flexibility index (Phi) is 8.80. The lowest BCUT2D eigenvalue weighted by molar-refractivity contribution is -0.151. The Bertz CT molecular complexity index is 1080. The molecule has 0 fully saturated rings. The molecule has 0 aliphatic heterocycles. The minimum absolute atomic E-state index is 0.414. The first-order chi connectivity index (χ1) is 15.1. The summed E-state index contributed by atoms with van der Waals surface area (Å²) in [6, 6.07) is 12.0. The summed E-state index contributed by atoms with van der Waals surface area (Å²) in [7, 11) is -0.908. The molecule has 2 rings (SSSR count). The molecule has 0 unspecified atom stereocenters.